The topological polar surface area (TPSA) is 143 Å². The molecule has 5 N–H and O–H groups in total. The Hall–Kier alpha value is -1.87. The number of alkyl carbamates (subject to hydrolysis) is 1. The van der Waals surface area contributed by atoms with Gasteiger partial charge in [-0.1, -0.05) is 0 Å². The minimum absolute atomic E-state index is 0.268. The second-order valence-electron chi connectivity index (χ2n) is 7.17. The number of rotatable bonds is 10. The van der Waals surface area contributed by atoms with Gasteiger partial charge in [-0.3, -0.25) is 14.9 Å². The van der Waals surface area contributed by atoms with Crippen LogP contribution < -0.4 is 16.8 Å². The van der Waals surface area contributed by atoms with Gasteiger partial charge in [-0.05, 0) is 53.9 Å². The van der Waals surface area contributed by atoms with E-state index in [-0.39, 0.29) is 6.61 Å². The highest BCUT2D eigenvalue weighted by atomic mass is 16.6. The van der Waals surface area contributed by atoms with Gasteiger partial charge in [0.15, 0.2) is 6.23 Å². The number of amides is 1. The van der Waals surface area contributed by atoms with Crippen molar-refractivity contribution in [3.63, 3.8) is 0 Å². The van der Waals surface area contributed by atoms with Gasteiger partial charge in [-0.2, -0.15) is 0 Å². The van der Waals surface area contributed by atoms with Crippen molar-refractivity contribution < 1.29 is 28.6 Å². The number of esters is 2. The summed E-state index contributed by atoms with van der Waals surface area (Å²) in [5, 5.41) is 2.52. The Bertz CT molecular complexity index is 460. The zero-order valence-electron chi connectivity index (χ0n) is 16.4. The molecule has 0 fully saturated rings. The van der Waals surface area contributed by atoms with E-state index in [9.17, 15) is 14.4 Å². The van der Waals surface area contributed by atoms with Crippen LogP contribution in [0.15, 0.2) is 0 Å². The molecule has 0 bridgehead atoms. The summed E-state index contributed by atoms with van der Waals surface area (Å²) < 4.78 is 15.3. The molecule has 0 saturated carbocycles. The molecular weight excluding hydrogens is 342 g/mol. The van der Waals surface area contributed by atoms with Crippen LogP contribution in [-0.2, 0) is 23.8 Å². The van der Waals surface area contributed by atoms with Crippen LogP contribution >= 0.6 is 0 Å². The van der Waals surface area contributed by atoms with E-state index in [1.54, 1.807) is 27.7 Å². The Morgan fingerprint density at radius 1 is 0.962 bits per heavy atom. The van der Waals surface area contributed by atoms with Crippen LogP contribution in [0.1, 0.15) is 60.3 Å². The minimum Gasteiger partial charge on any atom is -0.465 e. The van der Waals surface area contributed by atoms with E-state index in [1.807, 2.05) is 0 Å². The average molecular weight is 375 g/mol. The van der Waals surface area contributed by atoms with Crippen molar-refractivity contribution in [2.24, 2.45) is 11.5 Å². The molecule has 0 aliphatic carbocycles. The number of hydrogen-bond donors (Lipinski definition) is 3. The van der Waals surface area contributed by atoms with Gasteiger partial charge in [0, 0.05) is 6.42 Å². The largest absolute Gasteiger partial charge is 0.465 e. The maximum absolute atomic E-state index is 11.9. The zero-order valence-corrected chi connectivity index (χ0v) is 16.4. The Kier molecular flexibility index (Phi) is 10.8. The highest BCUT2D eigenvalue weighted by Crippen LogP contribution is 2.10. The number of unbranched alkanes of at least 4 members (excludes halogenated alkanes) is 2. The van der Waals surface area contributed by atoms with Crippen molar-refractivity contribution >= 4 is 18.0 Å². The Labute approximate surface area is 155 Å². The highest BCUT2D eigenvalue weighted by molar-refractivity contribution is 5.76. The fourth-order valence-corrected chi connectivity index (χ4v) is 1.76. The summed E-state index contributed by atoms with van der Waals surface area (Å²) in [7, 11) is 0. The van der Waals surface area contributed by atoms with E-state index in [2.05, 4.69) is 5.32 Å². The van der Waals surface area contributed by atoms with Crippen LogP contribution in [0.4, 0.5) is 4.79 Å². The summed E-state index contributed by atoms with van der Waals surface area (Å²) in [4.78, 5) is 34.8. The van der Waals surface area contributed by atoms with Crippen molar-refractivity contribution in [2.45, 2.75) is 84.2 Å². The van der Waals surface area contributed by atoms with Crippen LogP contribution in [0, 0.1) is 0 Å². The Morgan fingerprint density at radius 2 is 1.54 bits per heavy atom. The monoisotopic (exact) mass is 375 g/mol. The highest BCUT2D eigenvalue weighted by Gasteiger charge is 2.22. The molecule has 0 saturated heterocycles. The standard InChI is InChI=1S/C17H33N3O6/c1-11(18)14(21)24-10-8-6-7-9-13(25-15(22)12(2)19)20-16(23)26-17(3,4)5/h11-13H,6-10,18-19H2,1-5H3,(H,20,23)/t11-,12-,13?/m0/s1. The summed E-state index contributed by atoms with van der Waals surface area (Å²) in [6.45, 7) is 8.53. The zero-order chi connectivity index (χ0) is 20.3. The van der Waals surface area contributed by atoms with Crippen molar-refractivity contribution in [1.29, 1.82) is 0 Å². The third-order valence-corrected chi connectivity index (χ3v) is 3.03. The molecule has 3 atom stereocenters. The first-order valence-electron chi connectivity index (χ1n) is 8.80. The third-order valence-electron chi connectivity index (χ3n) is 3.03. The Morgan fingerprint density at radius 3 is 2.04 bits per heavy atom. The number of nitrogens with one attached hydrogen (secondary N) is 1. The van der Waals surface area contributed by atoms with E-state index < -0.39 is 41.9 Å². The molecule has 0 spiro atoms. The van der Waals surface area contributed by atoms with Gasteiger partial charge in [0.1, 0.15) is 17.7 Å². The summed E-state index contributed by atoms with van der Waals surface area (Å²) >= 11 is 0. The van der Waals surface area contributed by atoms with Gasteiger partial charge in [-0.25, -0.2) is 4.79 Å². The molecule has 0 aromatic heterocycles. The van der Waals surface area contributed by atoms with Gasteiger partial charge >= 0.3 is 18.0 Å². The van der Waals surface area contributed by atoms with Crippen LogP contribution in [0.2, 0.25) is 0 Å². The number of hydrogen-bond acceptors (Lipinski definition) is 8. The number of ether oxygens (including phenoxy) is 3. The molecule has 0 aliphatic heterocycles. The molecule has 26 heavy (non-hydrogen) atoms. The van der Waals surface area contributed by atoms with Gasteiger partial charge in [0.2, 0.25) is 0 Å². The second kappa shape index (κ2) is 11.7. The first kappa shape index (κ1) is 24.1. The predicted octanol–water partition coefficient (Wildman–Crippen LogP) is 1.18. The molecule has 0 aromatic carbocycles. The van der Waals surface area contributed by atoms with E-state index >= 15 is 0 Å². The molecule has 0 aliphatic rings. The lowest BCUT2D eigenvalue weighted by atomic mass is 10.2. The normalized spacial score (nSPS) is 14.7. The molecule has 9 heteroatoms. The van der Waals surface area contributed by atoms with E-state index in [0.29, 0.717) is 25.7 Å². The molecule has 0 radical (unpaired) electrons. The third kappa shape index (κ3) is 12.5. The number of carbonyl (C=O) groups is 3. The van der Waals surface area contributed by atoms with Crippen LogP contribution in [0.5, 0.6) is 0 Å². The molecule has 9 nitrogen and oxygen atoms in total. The SMILES string of the molecule is C[C@H](N)C(=O)OCCCCCC(NC(=O)OC(C)(C)C)OC(=O)[C@H](C)N. The first-order valence-corrected chi connectivity index (χ1v) is 8.80. The van der Waals surface area contributed by atoms with Crippen molar-refractivity contribution in [1.82, 2.24) is 5.32 Å². The lowest BCUT2D eigenvalue weighted by Gasteiger charge is -2.24. The number of carbonyl (C=O) groups excluding carboxylic acids is 3. The lowest BCUT2D eigenvalue weighted by molar-refractivity contribution is -0.152. The van der Waals surface area contributed by atoms with Gasteiger partial charge in [-0.15, -0.1) is 0 Å². The second-order valence-corrected chi connectivity index (χ2v) is 7.17. The lowest BCUT2D eigenvalue weighted by Crippen LogP contribution is -2.43. The van der Waals surface area contributed by atoms with Gasteiger partial charge in [0.05, 0.1) is 6.61 Å². The molecular formula is C17H33N3O6. The average Bonchev–Trinajstić information content (AvgIpc) is 2.47. The predicted molar refractivity (Wildman–Crippen MR) is 96.0 cm³/mol. The Balaban J connectivity index is 4.34. The van der Waals surface area contributed by atoms with Crippen molar-refractivity contribution in [2.75, 3.05) is 6.61 Å². The molecule has 0 rings (SSSR count). The van der Waals surface area contributed by atoms with Gasteiger partial charge < -0.3 is 25.7 Å². The summed E-state index contributed by atoms with van der Waals surface area (Å²) in [5.41, 5.74) is 10.2. The summed E-state index contributed by atoms with van der Waals surface area (Å²) in [5.74, 6) is -1.06. The van der Waals surface area contributed by atoms with E-state index in [0.717, 1.165) is 0 Å². The molecule has 1 unspecified atom stereocenters. The fraction of sp³-hybridized carbons (Fsp3) is 0.824. The molecule has 0 heterocycles. The van der Waals surface area contributed by atoms with E-state index in [1.165, 1.54) is 6.92 Å². The van der Waals surface area contributed by atoms with Crippen LogP contribution in [0.3, 0.4) is 0 Å². The summed E-state index contributed by atoms with van der Waals surface area (Å²) in [6.07, 6.45) is 0.870. The first-order chi connectivity index (χ1) is 11.9. The maximum Gasteiger partial charge on any atom is 0.410 e. The molecule has 1 amide bonds. The van der Waals surface area contributed by atoms with Crippen LogP contribution in [-0.4, -0.2) is 48.6 Å². The van der Waals surface area contributed by atoms with Crippen molar-refractivity contribution in [3.05, 3.63) is 0 Å². The number of nitrogens with two attached hydrogens (primary N) is 2. The maximum atomic E-state index is 11.9. The quantitative estimate of drug-likeness (QED) is 0.223. The van der Waals surface area contributed by atoms with Gasteiger partial charge in [0.25, 0.3) is 0 Å². The fourth-order valence-electron chi connectivity index (χ4n) is 1.76. The van der Waals surface area contributed by atoms with Crippen molar-refractivity contribution in [3.8, 4) is 0 Å². The van der Waals surface area contributed by atoms with E-state index in [4.69, 9.17) is 25.7 Å². The minimum atomic E-state index is -0.838. The van der Waals surface area contributed by atoms with Crippen LogP contribution in [0.25, 0.3) is 0 Å². The molecule has 152 valence electrons. The molecule has 0 aromatic rings. The smallest absolute Gasteiger partial charge is 0.410 e. The summed E-state index contributed by atoms with van der Waals surface area (Å²) in [6, 6.07) is -1.44.